The van der Waals surface area contributed by atoms with Crippen molar-refractivity contribution in [3.8, 4) is 11.5 Å². The van der Waals surface area contributed by atoms with Crippen LogP contribution in [0.4, 0.5) is 5.69 Å². The number of hydrogen-bond donors (Lipinski definition) is 4. The summed E-state index contributed by atoms with van der Waals surface area (Å²) in [6.45, 7) is 6.88. The zero-order valence-electron chi connectivity index (χ0n) is 12.3. The Morgan fingerprint density at radius 3 is 2.75 bits per heavy atom. The third-order valence-corrected chi connectivity index (χ3v) is 4.45. The van der Waals surface area contributed by atoms with E-state index >= 15 is 0 Å². The van der Waals surface area contributed by atoms with Gasteiger partial charge in [0.25, 0.3) is 0 Å². The average molecular weight is 274 g/mol. The fourth-order valence-corrected chi connectivity index (χ4v) is 3.26. The molecule has 1 aromatic heterocycles. The van der Waals surface area contributed by atoms with E-state index in [1.165, 1.54) is 5.56 Å². The van der Waals surface area contributed by atoms with Crippen molar-refractivity contribution in [1.29, 1.82) is 0 Å². The van der Waals surface area contributed by atoms with Crippen molar-refractivity contribution in [2.45, 2.75) is 46.0 Å². The normalized spacial score (nSPS) is 17.6. The Labute approximate surface area is 118 Å². The van der Waals surface area contributed by atoms with Gasteiger partial charge in [0.2, 0.25) is 0 Å². The van der Waals surface area contributed by atoms with Crippen LogP contribution < -0.4 is 5.32 Å². The summed E-state index contributed by atoms with van der Waals surface area (Å²) < 4.78 is 0. The summed E-state index contributed by atoms with van der Waals surface area (Å²) >= 11 is 0. The third-order valence-electron chi connectivity index (χ3n) is 4.45. The highest BCUT2D eigenvalue weighted by Gasteiger charge is 2.28. The van der Waals surface area contributed by atoms with Gasteiger partial charge in [0, 0.05) is 23.2 Å². The van der Waals surface area contributed by atoms with Gasteiger partial charge in [0.15, 0.2) is 5.75 Å². The van der Waals surface area contributed by atoms with E-state index in [4.69, 9.17) is 0 Å². The molecule has 0 fully saturated rings. The molecule has 1 aromatic carbocycles. The number of hydrogen-bond acceptors (Lipinski definition) is 3. The molecule has 4 heteroatoms. The number of aromatic hydroxyl groups is 2. The predicted molar refractivity (Wildman–Crippen MR) is 81.9 cm³/mol. The van der Waals surface area contributed by atoms with E-state index in [0.29, 0.717) is 22.9 Å². The highest BCUT2D eigenvalue weighted by atomic mass is 16.3. The summed E-state index contributed by atoms with van der Waals surface area (Å²) in [5, 5.41) is 25.1. The fraction of sp³-hybridized carbons (Fsp3) is 0.500. The molecule has 1 aliphatic carbocycles. The minimum Gasteiger partial charge on any atom is -0.507 e. The first-order chi connectivity index (χ1) is 9.56. The molecule has 4 N–H and O–H groups in total. The molecule has 3 rings (SSSR count). The van der Waals surface area contributed by atoms with Crippen molar-refractivity contribution >= 4 is 16.6 Å². The predicted octanol–water partition coefficient (Wildman–Crippen LogP) is 3.76. The Kier molecular flexibility index (Phi) is 3.04. The Morgan fingerprint density at radius 1 is 1.30 bits per heavy atom. The van der Waals surface area contributed by atoms with E-state index in [0.717, 1.165) is 42.5 Å². The van der Waals surface area contributed by atoms with Crippen LogP contribution in [0.5, 0.6) is 11.5 Å². The van der Waals surface area contributed by atoms with Crippen LogP contribution in [-0.4, -0.2) is 21.7 Å². The number of nitrogens with one attached hydrogen (secondary N) is 2. The summed E-state index contributed by atoms with van der Waals surface area (Å²) in [6.07, 6.45) is 3.03. The highest BCUT2D eigenvalue weighted by molar-refractivity contribution is 6.00. The molecule has 0 bridgehead atoms. The van der Waals surface area contributed by atoms with Gasteiger partial charge in [-0.3, -0.25) is 0 Å². The number of benzene rings is 1. The first kappa shape index (κ1) is 13.2. The molecule has 1 heterocycles. The molecule has 1 aliphatic rings. The van der Waals surface area contributed by atoms with Gasteiger partial charge in [-0.1, -0.05) is 13.8 Å². The molecule has 108 valence electrons. The van der Waals surface area contributed by atoms with Gasteiger partial charge in [-0.15, -0.1) is 0 Å². The Bertz CT molecular complexity index is 673. The monoisotopic (exact) mass is 274 g/mol. The van der Waals surface area contributed by atoms with Crippen LogP contribution in [0.3, 0.4) is 0 Å². The number of fused-ring (bicyclic) bond motifs is 3. The smallest absolute Gasteiger partial charge is 0.163 e. The number of phenolic OH excluding ortho intramolecular Hbond substituents is 2. The average Bonchev–Trinajstić information content (AvgIpc) is 2.97. The molecule has 0 spiro atoms. The largest absolute Gasteiger partial charge is 0.507 e. The van der Waals surface area contributed by atoms with E-state index in [1.807, 2.05) is 6.92 Å². The quantitative estimate of drug-likeness (QED) is 0.509. The van der Waals surface area contributed by atoms with E-state index < -0.39 is 0 Å². The van der Waals surface area contributed by atoms with Gasteiger partial charge >= 0.3 is 0 Å². The molecular weight excluding hydrogens is 252 g/mol. The fourth-order valence-electron chi connectivity index (χ4n) is 3.26. The molecule has 4 nitrogen and oxygen atoms in total. The molecule has 1 unspecified atom stereocenters. The van der Waals surface area contributed by atoms with Crippen molar-refractivity contribution < 1.29 is 10.2 Å². The standard InChI is InChI=1S/C16H22N2O2/c1-4-7-17-13-9(3)15(19)11-10-6-5-8(2)12(10)18-14(11)16(13)20/h8,17-20H,4-7H2,1-3H3. The molecular formula is C16H22N2O2. The number of aromatic amines is 1. The van der Waals surface area contributed by atoms with Crippen molar-refractivity contribution in [3.05, 3.63) is 16.8 Å². The molecule has 2 aromatic rings. The van der Waals surface area contributed by atoms with Gasteiger partial charge in [0.05, 0.1) is 11.2 Å². The van der Waals surface area contributed by atoms with E-state index in [2.05, 4.69) is 24.1 Å². The Hall–Kier alpha value is -1.84. The molecule has 0 amide bonds. The number of H-pyrrole nitrogens is 1. The van der Waals surface area contributed by atoms with Gasteiger partial charge in [-0.2, -0.15) is 0 Å². The lowest BCUT2D eigenvalue weighted by Gasteiger charge is -2.14. The lowest BCUT2D eigenvalue weighted by atomic mass is 10.0. The minimum atomic E-state index is 0.227. The zero-order valence-corrected chi connectivity index (χ0v) is 12.3. The maximum atomic E-state index is 10.5. The summed E-state index contributed by atoms with van der Waals surface area (Å²) in [6, 6.07) is 0. The summed E-state index contributed by atoms with van der Waals surface area (Å²) in [5.41, 5.74) is 4.38. The van der Waals surface area contributed by atoms with E-state index in [1.54, 1.807) is 0 Å². The number of phenols is 2. The van der Waals surface area contributed by atoms with Crippen LogP contribution in [0.15, 0.2) is 0 Å². The van der Waals surface area contributed by atoms with Crippen molar-refractivity contribution in [2.75, 3.05) is 11.9 Å². The summed E-state index contributed by atoms with van der Waals surface area (Å²) in [4.78, 5) is 3.33. The lowest BCUT2D eigenvalue weighted by molar-refractivity contribution is 0.467. The molecule has 1 atom stereocenters. The molecule has 20 heavy (non-hydrogen) atoms. The van der Waals surface area contributed by atoms with Crippen LogP contribution in [0.2, 0.25) is 0 Å². The first-order valence-electron chi connectivity index (χ1n) is 7.39. The number of aryl methyl sites for hydroxylation is 1. The molecule has 0 radical (unpaired) electrons. The molecule has 0 saturated carbocycles. The second-order valence-corrected chi connectivity index (χ2v) is 5.83. The van der Waals surface area contributed by atoms with Crippen LogP contribution in [-0.2, 0) is 6.42 Å². The zero-order chi connectivity index (χ0) is 14.4. The van der Waals surface area contributed by atoms with Crippen LogP contribution in [0.25, 0.3) is 10.9 Å². The van der Waals surface area contributed by atoms with Crippen LogP contribution in [0.1, 0.15) is 49.4 Å². The van der Waals surface area contributed by atoms with E-state index in [-0.39, 0.29) is 5.75 Å². The maximum Gasteiger partial charge on any atom is 0.163 e. The second-order valence-electron chi connectivity index (χ2n) is 5.83. The third kappa shape index (κ3) is 1.67. The van der Waals surface area contributed by atoms with Crippen molar-refractivity contribution in [2.24, 2.45) is 0 Å². The first-order valence-corrected chi connectivity index (χ1v) is 7.39. The number of rotatable bonds is 3. The summed E-state index contributed by atoms with van der Waals surface area (Å²) in [5.74, 6) is 0.983. The SMILES string of the molecule is CCCNc1c(C)c(O)c2c3c([nH]c2c1O)C(C)CC3. The van der Waals surface area contributed by atoms with Gasteiger partial charge in [-0.25, -0.2) is 0 Å². The topological polar surface area (TPSA) is 68.3 Å². The van der Waals surface area contributed by atoms with Gasteiger partial charge < -0.3 is 20.5 Å². The van der Waals surface area contributed by atoms with E-state index in [9.17, 15) is 10.2 Å². The van der Waals surface area contributed by atoms with Crippen molar-refractivity contribution in [3.63, 3.8) is 0 Å². The van der Waals surface area contributed by atoms with Gasteiger partial charge in [0.1, 0.15) is 5.75 Å². The molecule has 0 aliphatic heterocycles. The number of anilines is 1. The van der Waals surface area contributed by atoms with Gasteiger partial charge in [-0.05, 0) is 37.7 Å². The Morgan fingerprint density at radius 2 is 2.05 bits per heavy atom. The molecule has 0 saturated heterocycles. The maximum absolute atomic E-state index is 10.5. The van der Waals surface area contributed by atoms with Crippen molar-refractivity contribution in [1.82, 2.24) is 4.98 Å². The summed E-state index contributed by atoms with van der Waals surface area (Å²) in [7, 11) is 0. The Balaban J connectivity index is 2.26. The highest BCUT2D eigenvalue weighted by Crippen LogP contribution is 2.48. The van der Waals surface area contributed by atoms with Crippen LogP contribution >= 0.6 is 0 Å². The van der Waals surface area contributed by atoms with Crippen LogP contribution in [0, 0.1) is 6.92 Å². The second kappa shape index (κ2) is 4.62. The lowest BCUT2D eigenvalue weighted by Crippen LogP contribution is -2.02. The minimum absolute atomic E-state index is 0.227. The number of aromatic nitrogens is 1.